The van der Waals surface area contributed by atoms with Crippen LogP contribution in [0.5, 0.6) is 0 Å². The Labute approximate surface area is 114 Å². The number of aliphatic hydroxyl groups is 1. The molecule has 4 nitrogen and oxygen atoms in total. The van der Waals surface area contributed by atoms with Crippen LogP contribution in [0.15, 0.2) is 30.3 Å². The van der Waals surface area contributed by atoms with Gasteiger partial charge in [0, 0.05) is 18.7 Å². The van der Waals surface area contributed by atoms with Crippen LogP contribution in [0, 0.1) is 0 Å². The molecule has 0 aromatic heterocycles. The van der Waals surface area contributed by atoms with Crippen LogP contribution >= 0.6 is 0 Å². The van der Waals surface area contributed by atoms with E-state index in [2.05, 4.69) is 4.90 Å². The van der Waals surface area contributed by atoms with Gasteiger partial charge in [0.2, 0.25) is 0 Å². The fraction of sp³-hybridized carbons (Fsp3) is 0.533. The second kappa shape index (κ2) is 6.80. The number of ether oxygens (including phenoxy) is 1. The van der Waals surface area contributed by atoms with Gasteiger partial charge in [0.15, 0.2) is 5.78 Å². The maximum absolute atomic E-state index is 12.5. The Morgan fingerprint density at radius 2 is 2.21 bits per heavy atom. The molecule has 1 saturated heterocycles. The molecule has 1 aromatic carbocycles. The van der Waals surface area contributed by atoms with Crippen LogP contribution in [0.3, 0.4) is 0 Å². The van der Waals surface area contributed by atoms with Crippen LogP contribution in [0.2, 0.25) is 0 Å². The van der Waals surface area contributed by atoms with E-state index in [4.69, 9.17) is 4.74 Å². The SMILES string of the molecule is CCC(C(=O)c1ccccc1)N1CCOC(CO)C1. The van der Waals surface area contributed by atoms with Crippen molar-refractivity contribution in [3.63, 3.8) is 0 Å². The largest absolute Gasteiger partial charge is 0.394 e. The zero-order valence-corrected chi connectivity index (χ0v) is 11.3. The average Bonchev–Trinajstić information content (AvgIpc) is 2.49. The molecule has 104 valence electrons. The molecule has 1 heterocycles. The van der Waals surface area contributed by atoms with Gasteiger partial charge in [0.25, 0.3) is 0 Å². The van der Waals surface area contributed by atoms with E-state index in [0.29, 0.717) is 13.2 Å². The second-order valence-electron chi connectivity index (χ2n) is 4.82. The van der Waals surface area contributed by atoms with Gasteiger partial charge >= 0.3 is 0 Å². The molecule has 2 unspecified atom stereocenters. The number of Topliss-reactive ketones (excluding diaryl/α,β-unsaturated/α-hetero) is 1. The van der Waals surface area contributed by atoms with E-state index < -0.39 is 0 Å². The Hall–Kier alpha value is -1.23. The number of morpholine rings is 1. The van der Waals surface area contributed by atoms with Gasteiger partial charge in [-0.05, 0) is 6.42 Å². The molecule has 1 aromatic rings. The zero-order chi connectivity index (χ0) is 13.7. The molecule has 2 atom stereocenters. The summed E-state index contributed by atoms with van der Waals surface area (Å²) in [7, 11) is 0. The highest BCUT2D eigenvalue weighted by Crippen LogP contribution is 2.16. The fourth-order valence-electron chi connectivity index (χ4n) is 2.54. The maximum atomic E-state index is 12.5. The van der Waals surface area contributed by atoms with E-state index in [1.807, 2.05) is 37.3 Å². The molecule has 2 rings (SSSR count). The Kier molecular flexibility index (Phi) is 5.07. The number of benzene rings is 1. The first-order valence-electron chi connectivity index (χ1n) is 6.82. The van der Waals surface area contributed by atoms with E-state index in [0.717, 1.165) is 18.5 Å². The Morgan fingerprint density at radius 1 is 1.47 bits per heavy atom. The van der Waals surface area contributed by atoms with E-state index >= 15 is 0 Å². The number of hydrogen-bond acceptors (Lipinski definition) is 4. The van der Waals surface area contributed by atoms with Crippen molar-refractivity contribution >= 4 is 5.78 Å². The summed E-state index contributed by atoms with van der Waals surface area (Å²) in [5.41, 5.74) is 0.751. The summed E-state index contributed by atoms with van der Waals surface area (Å²) in [5, 5.41) is 9.18. The van der Waals surface area contributed by atoms with Crippen molar-refractivity contribution in [2.75, 3.05) is 26.3 Å². The third-order valence-electron chi connectivity index (χ3n) is 3.56. The third kappa shape index (κ3) is 3.41. The number of carbonyl (C=O) groups excluding carboxylic acids is 1. The second-order valence-corrected chi connectivity index (χ2v) is 4.82. The van der Waals surface area contributed by atoms with Crippen molar-refractivity contribution in [3.8, 4) is 0 Å². The summed E-state index contributed by atoms with van der Waals surface area (Å²) in [4.78, 5) is 14.6. The van der Waals surface area contributed by atoms with Crippen molar-refractivity contribution in [1.82, 2.24) is 4.90 Å². The molecule has 1 N–H and O–H groups in total. The average molecular weight is 263 g/mol. The normalized spacial score (nSPS) is 22.1. The highest BCUT2D eigenvalue weighted by Gasteiger charge is 2.29. The lowest BCUT2D eigenvalue weighted by Gasteiger charge is -2.36. The predicted molar refractivity (Wildman–Crippen MR) is 73.3 cm³/mol. The van der Waals surface area contributed by atoms with E-state index in [1.165, 1.54) is 0 Å². The monoisotopic (exact) mass is 263 g/mol. The summed E-state index contributed by atoms with van der Waals surface area (Å²) in [6.07, 6.45) is 0.595. The molecule has 0 radical (unpaired) electrons. The summed E-state index contributed by atoms with van der Waals surface area (Å²) in [6, 6.07) is 9.27. The molecular formula is C15H21NO3. The lowest BCUT2D eigenvalue weighted by molar-refractivity contribution is -0.0612. The van der Waals surface area contributed by atoms with Crippen molar-refractivity contribution in [1.29, 1.82) is 0 Å². The first-order valence-corrected chi connectivity index (χ1v) is 6.82. The highest BCUT2D eigenvalue weighted by molar-refractivity contribution is 6.00. The van der Waals surface area contributed by atoms with Gasteiger partial charge in [-0.3, -0.25) is 9.69 Å². The molecule has 19 heavy (non-hydrogen) atoms. The molecule has 1 fully saturated rings. The highest BCUT2D eigenvalue weighted by atomic mass is 16.5. The first kappa shape index (κ1) is 14.2. The predicted octanol–water partition coefficient (Wildman–Crippen LogP) is 1.34. The molecule has 0 aliphatic carbocycles. The summed E-state index contributed by atoms with van der Waals surface area (Å²) in [6.45, 7) is 3.96. The van der Waals surface area contributed by atoms with Gasteiger partial charge in [-0.25, -0.2) is 0 Å². The molecular weight excluding hydrogens is 242 g/mol. The number of nitrogens with zero attached hydrogens (tertiary/aromatic N) is 1. The molecule has 1 aliphatic rings. The standard InChI is InChI=1S/C15H21NO3/c1-2-14(15(18)12-6-4-3-5-7-12)16-8-9-19-13(10-16)11-17/h3-7,13-14,17H,2,8-11H2,1H3. The van der Waals surface area contributed by atoms with Gasteiger partial charge in [-0.15, -0.1) is 0 Å². The number of hydrogen-bond donors (Lipinski definition) is 1. The van der Waals surface area contributed by atoms with Crippen molar-refractivity contribution in [3.05, 3.63) is 35.9 Å². The third-order valence-corrected chi connectivity index (χ3v) is 3.56. The number of carbonyl (C=O) groups is 1. The van der Waals surface area contributed by atoms with Crippen LogP contribution in [0.1, 0.15) is 23.7 Å². The first-order chi connectivity index (χ1) is 9.26. The van der Waals surface area contributed by atoms with Gasteiger partial charge in [-0.2, -0.15) is 0 Å². The molecule has 4 heteroatoms. The van der Waals surface area contributed by atoms with Crippen LogP contribution in [0.4, 0.5) is 0 Å². The minimum absolute atomic E-state index is 0.00641. The van der Waals surface area contributed by atoms with Crippen LogP contribution in [-0.4, -0.2) is 54.2 Å². The minimum atomic E-state index is -0.175. The quantitative estimate of drug-likeness (QED) is 0.815. The Morgan fingerprint density at radius 3 is 2.84 bits per heavy atom. The summed E-state index contributed by atoms with van der Waals surface area (Å²) < 4.78 is 5.43. The van der Waals surface area contributed by atoms with Crippen LogP contribution in [0.25, 0.3) is 0 Å². The van der Waals surface area contributed by atoms with E-state index in [-0.39, 0.29) is 24.5 Å². The lowest BCUT2D eigenvalue weighted by atomic mass is 10.00. The van der Waals surface area contributed by atoms with Crippen molar-refractivity contribution < 1.29 is 14.6 Å². The van der Waals surface area contributed by atoms with Gasteiger partial charge < -0.3 is 9.84 Å². The van der Waals surface area contributed by atoms with Gasteiger partial charge in [-0.1, -0.05) is 37.3 Å². The minimum Gasteiger partial charge on any atom is -0.394 e. The summed E-state index contributed by atoms with van der Waals surface area (Å²) >= 11 is 0. The Balaban J connectivity index is 2.09. The molecule has 1 aliphatic heterocycles. The zero-order valence-electron chi connectivity index (χ0n) is 11.3. The van der Waals surface area contributed by atoms with Crippen LogP contribution in [-0.2, 0) is 4.74 Å². The van der Waals surface area contributed by atoms with Crippen molar-refractivity contribution in [2.24, 2.45) is 0 Å². The molecule has 0 saturated carbocycles. The smallest absolute Gasteiger partial charge is 0.179 e. The molecule has 0 amide bonds. The van der Waals surface area contributed by atoms with E-state index in [9.17, 15) is 9.90 Å². The maximum Gasteiger partial charge on any atom is 0.179 e. The van der Waals surface area contributed by atoms with Gasteiger partial charge in [0.05, 0.1) is 25.4 Å². The molecule has 0 bridgehead atoms. The van der Waals surface area contributed by atoms with Crippen molar-refractivity contribution in [2.45, 2.75) is 25.5 Å². The number of aliphatic hydroxyl groups excluding tert-OH is 1. The lowest BCUT2D eigenvalue weighted by Crippen LogP contribution is -2.51. The Bertz CT molecular complexity index is 407. The topological polar surface area (TPSA) is 49.8 Å². The van der Waals surface area contributed by atoms with E-state index in [1.54, 1.807) is 0 Å². The number of ketones is 1. The van der Waals surface area contributed by atoms with Crippen LogP contribution < -0.4 is 0 Å². The summed E-state index contributed by atoms with van der Waals surface area (Å²) in [5.74, 6) is 0.154. The number of rotatable bonds is 5. The molecule has 0 spiro atoms. The van der Waals surface area contributed by atoms with Gasteiger partial charge in [0.1, 0.15) is 0 Å². The fourth-order valence-corrected chi connectivity index (χ4v) is 2.54.